The van der Waals surface area contributed by atoms with Gasteiger partial charge in [0.15, 0.2) is 0 Å². The topological polar surface area (TPSA) is 72.8 Å². The van der Waals surface area contributed by atoms with Gasteiger partial charge in [0.1, 0.15) is 0 Å². The highest BCUT2D eigenvalue weighted by Gasteiger charge is 2.32. The zero-order chi connectivity index (χ0) is 16.9. The monoisotopic (exact) mass is 331 g/mol. The predicted octanol–water partition coefficient (Wildman–Crippen LogP) is 2.14. The first-order valence-corrected chi connectivity index (χ1v) is 8.67. The number of nitrogens with one attached hydrogen (secondary N) is 1. The minimum atomic E-state index is -0.554. The molecule has 3 rings (SSSR count). The average molecular weight is 331 g/mol. The number of hydrogen-bond acceptors (Lipinski definition) is 5. The lowest BCUT2D eigenvalue weighted by molar-refractivity contribution is -0.132. The molecule has 1 N–H and O–H groups in total. The lowest BCUT2D eigenvalue weighted by atomic mass is 9.87. The first-order valence-electron chi connectivity index (χ1n) is 8.67. The average Bonchev–Trinajstić information content (AvgIpc) is 3.11. The second kappa shape index (κ2) is 7.75. The van der Waals surface area contributed by atoms with E-state index >= 15 is 0 Å². The number of aromatic nitrogens is 1. The minimum absolute atomic E-state index is 0.106. The lowest BCUT2D eigenvalue weighted by Gasteiger charge is -2.34. The number of hydrogen-bond donors (Lipinski definition) is 1. The van der Waals surface area contributed by atoms with Crippen LogP contribution in [0.1, 0.15) is 38.7 Å². The van der Waals surface area contributed by atoms with Gasteiger partial charge in [-0.1, -0.05) is 19.0 Å². The van der Waals surface area contributed by atoms with Crippen LogP contribution in [0.4, 0.5) is 0 Å². The number of carbonyl (C=O) groups excluding carboxylic acids is 1. The van der Waals surface area contributed by atoms with E-state index in [1.54, 1.807) is 12.4 Å². The normalized spacial score (nSPS) is 26.8. The fraction of sp³-hybridized carbons (Fsp3) is 0.611. The van der Waals surface area contributed by atoms with E-state index in [2.05, 4.69) is 29.3 Å². The molecule has 1 aromatic rings. The molecule has 1 saturated heterocycles. The van der Waals surface area contributed by atoms with Gasteiger partial charge in [-0.15, -0.1) is 0 Å². The third-order valence-electron chi connectivity index (χ3n) is 4.65. The summed E-state index contributed by atoms with van der Waals surface area (Å²) in [6, 6.07) is 3.77. The summed E-state index contributed by atoms with van der Waals surface area (Å²) in [6.45, 7) is 5.78. The molecular weight excluding hydrogens is 306 g/mol. The molecule has 2 aliphatic heterocycles. The van der Waals surface area contributed by atoms with Crippen molar-refractivity contribution in [2.75, 3.05) is 13.2 Å². The molecule has 0 unspecified atom stereocenters. The van der Waals surface area contributed by atoms with E-state index < -0.39 is 6.10 Å². The van der Waals surface area contributed by atoms with Gasteiger partial charge in [-0.25, -0.2) is 0 Å². The fourth-order valence-electron chi connectivity index (χ4n) is 3.39. The van der Waals surface area contributed by atoms with Crippen LogP contribution in [0.15, 0.2) is 29.7 Å². The van der Waals surface area contributed by atoms with Crippen LogP contribution in [0, 0.1) is 11.8 Å². The Bertz CT molecular complexity index is 588. The van der Waals surface area contributed by atoms with Crippen molar-refractivity contribution in [3.8, 4) is 0 Å². The molecule has 0 bridgehead atoms. The summed E-state index contributed by atoms with van der Waals surface area (Å²) in [5.41, 5.74) is 1.66. The number of carbonyl (C=O) groups is 1. The van der Waals surface area contributed by atoms with E-state index in [-0.39, 0.29) is 12.0 Å². The smallest absolute Gasteiger partial charge is 0.264 e. The van der Waals surface area contributed by atoms with Gasteiger partial charge in [-0.2, -0.15) is 0 Å². The Hall–Kier alpha value is -1.95. The summed E-state index contributed by atoms with van der Waals surface area (Å²) in [5, 5.41) is 7.06. The molecule has 0 radical (unpaired) electrons. The Kier molecular flexibility index (Phi) is 5.45. The largest absolute Gasteiger partial charge is 0.382 e. The van der Waals surface area contributed by atoms with Crippen LogP contribution >= 0.6 is 0 Å². The van der Waals surface area contributed by atoms with Crippen molar-refractivity contribution in [3.63, 3.8) is 0 Å². The van der Waals surface area contributed by atoms with Gasteiger partial charge >= 0.3 is 0 Å². The fourth-order valence-corrected chi connectivity index (χ4v) is 3.39. The molecule has 0 aliphatic carbocycles. The number of oxime groups is 1. The summed E-state index contributed by atoms with van der Waals surface area (Å²) in [5.74, 6) is 0.712. The van der Waals surface area contributed by atoms with Crippen LogP contribution in [0.25, 0.3) is 0 Å². The van der Waals surface area contributed by atoms with Gasteiger partial charge in [0.2, 0.25) is 6.10 Å². The van der Waals surface area contributed by atoms with Crippen molar-refractivity contribution in [3.05, 3.63) is 30.1 Å². The number of nitrogens with zero attached hydrogens (tertiary/aromatic N) is 2. The van der Waals surface area contributed by atoms with E-state index in [0.29, 0.717) is 24.8 Å². The van der Waals surface area contributed by atoms with Gasteiger partial charge in [-0.05, 0) is 30.9 Å². The molecule has 1 fully saturated rings. The third-order valence-corrected chi connectivity index (χ3v) is 4.65. The van der Waals surface area contributed by atoms with Gasteiger partial charge in [0.05, 0.1) is 11.8 Å². The summed E-state index contributed by atoms with van der Waals surface area (Å²) in [4.78, 5) is 21.8. The highest BCUT2D eigenvalue weighted by Crippen LogP contribution is 2.26. The highest BCUT2D eigenvalue weighted by molar-refractivity contribution is 6.03. The highest BCUT2D eigenvalue weighted by atomic mass is 16.6. The zero-order valence-electron chi connectivity index (χ0n) is 14.3. The first-order chi connectivity index (χ1) is 11.6. The molecule has 0 spiro atoms. The van der Waals surface area contributed by atoms with Crippen molar-refractivity contribution in [2.24, 2.45) is 17.0 Å². The molecule has 6 heteroatoms. The Morgan fingerprint density at radius 2 is 2.33 bits per heavy atom. The summed E-state index contributed by atoms with van der Waals surface area (Å²) < 4.78 is 5.87. The number of pyridine rings is 1. The summed E-state index contributed by atoms with van der Waals surface area (Å²) in [7, 11) is 0. The van der Waals surface area contributed by atoms with Crippen molar-refractivity contribution < 1.29 is 14.4 Å². The van der Waals surface area contributed by atoms with Crippen molar-refractivity contribution in [2.45, 2.75) is 45.3 Å². The first kappa shape index (κ1) is 16.9. The van der Waals surface area contributed by atoms with Crippen LogP contribution in [0.5, 0.6) is 0 Å². The summed E-state index contributed by atoms with van der Waals surface area (Å²) in [6.07, 6.45) is 5.72. The molecule has 130 valence electrons. The molecule has 0 saturated carbocycles. The predicted molar refractivity (Wildman–Crippen MR) is 90.6 cm³/mol. The second-order valence-corrected chi connectivity index (χ2v) is 6.80. The van der Waals surface area contributed by atoms with Crippen LogP contribution < -0.4 is 5.32 Å². The van der Waals surface area contributed by atoms with Gasteiger partial charge < -0.3 is 14.9 Å². The zero-order valence-corrected chi connectivity index (χ0v) is 14.3. The molecule has 1 amide bonds. The second-order valence-electron chi connectivity index (χ2n) is 6.80. The Morgan fingerprint density at radius 3 is 3.08 bits per heavy atom. The van der Waals surface area contributed by atoms with E-state index in [9.17, 15) is 4.79 Å². The number of rotatable bonds is 5. The molecule has 2 aliphatic rings. The van der Waals surface area contributed by atoms with Crippen molar-refractivity contribution in [1.29, 1.82) is 0 Å². The Balaban J connectivity index is 1.50. The van der Waals surface area contributed by atoms with Gasteiger partial charge in [0, 0.05) is 43.4 Å². The Morgan fingerprint density at radius 1 is 1.46 bits per heavy atom. The number of amides is 1. The van der Waals surface area contributed by atoms with E-state index in [0.717, 1.165) is 30.7 Å². The number of ether oxygens (including phenoxy) is 1. The minimum Gasteiger partial charge on any atom is -0.382 e. The third kappa shape index (κ3) is 3.93. The van der Waals surface area contributed by atoms with E-state index in [1.807, 2.05) is 12.1 Å². The lowest BCUT2D eigenvalue weighted by Crippen LogP contribution is -2.44. The molecule has 3 atom stereocenters. The van der Waals surface area contributed by atoms with Crippen LogP contribution in [-0.2, 0) is 14.4 Å². The van der Waals surface area contributed by atoms with Crippen LogP contribution in [-0.4, -0.2) is 42.0 Å². The Labute approximate surface area is 142 Å². The molecular formula is C18H25N3O3. The standard InChI is InChI=1S/C18H25N3O3/c1-12(2)17-14(6-4-8-23-17)11-20-18(22)16-9-15(21-24-16)13-5-3-7-19-10-13/h3,5,7,10,12,14,16-17H,4,6,8-9,11H2,1-2H3,(H,20,22)/t14-,16-,17-/m0/s1. The molecule has 6 nitrogen and oxygen atoms in total. The maximum atomic E-state index is 12.4. The molecule has 0 aromatic carbocycles. The molecule has 3 heterocycles. The van der Waals surface area contributed by atoms with Crippen molar-refractivity contribution in [1.82, 2.24) is 10.3 Å². The quantitative estimate of drug-likeness (QED) is 0.897. The van der Waals surface area contributed by atoms with Gasteiger partial charge in [0.25, 0.3) is 5.91 Å². The van der Waals surface area contributed by atoms with Crippen LogP contribution in [0.3, 0.4) is 0 Å². The maximum absolute atomic E-state index is 12.4. The van der Waals surface area contributed by atoms with E-state index in [4.69, 9.17) is 9.57 Å². The molecule has 1 aromatic heterocycles. The van der Waals surface area contributed by atoms with E-state index in [1.165, 1.54) is 0 Å². The van der Waals surface area contributed by atoms with Crippen LogP contribution in [0.2, 0.25) is 0 Å². The maximum Gasteiger partial charge on any atom is 0.264 e. The van der Waals surface area contributed by atoms with Gasteiger partial charge in [-0.3, -0.25) is 9.78 Å². The SMILES string of the molecule is CC(C)[C@@H]1OCCC[C@H]1CNC(=O)[C@@H]1CC(c2cccnc2)=NO1. The van der Waals surface area contributed by atoms with Crippen molar-refractivity contribution >= 4 is 11.6 Å². The molecule has 24 heavy (non-hydrogen) atoms. The summed E-state index contributed by atoms with van der Waals surface area (Å²) >= 11 is 0.